The molecular formula is C14H18N6O3. The standard InChI is InChI=1S/C14H18N6O3/c1-4-15-14(22)17-10-8-9(6-7-16-10)11-18-19-12(20(11)3)13(21)23-5-2/h6-8H,4-5H2,1-3H3,(H2,15,16,17,22). The molecule has 0 aliphatic carbocycles. The SMILES string of the molecule is CCNC(=O)Nc1cc(-c2nnc(C(=O)OCC)n2C)ccn1. The van der Waals surface area contributed by atoms with E-state index in [1.807, 2.05) is 6.92 Å². The fourth-order valence-corrected chi connectivity index (χ4v) is 1.91. The van der Waals surface area contributed by atoms with Crippen molar-refractivity contribution in [2.45, 2.75) is 13.8 Å². The molecule has 2 aromatic rings. The maximum Gasteiger partial charge on any atom is 0.376 e. The summed E-state index contributed by atoms with van der Waals surface area (Å²) in [7, 11) is 1.67. The van der Waals surface area contributed by atoms with Crippen molar-refractivity contribution in [3.8, 4) is 11.4 Å². The second-order valence-corrected chi connectivity index (χ2v) is 4.54. The van der Waals surface area contributed by atoms with Gasteiger partial charge in [-0.15, -0.1) is 10.2 Å². The van der Waals surface area contributed by atoms with Crippen LogP contribution in [0.25, 0.3) is 11.4 Å². The van der Waals surface area contributed by atoms with Crippen LogP contribution in [-0.2, 0) is 11.8 Å². The van der Waals surface area contributed by atoms with Crippen LogP contribution in [0.2, 0.25) is 0 Å². The summed E-state index contributed by atoms with van der Waals surface area (Å²) in [5.41, 5.74) is 0.664. The highest BCUT2D eigenvalue weighted by Crippen LogP contribution is 2.19. The van der Waals surface area contributed by atoms with Crippen molar-refractivity contribution in [3.63, 3.8) is 0 Å². The molecule has 0 radical (unpaired) electrons. The average Bonchev–Trinajstić information content (AvgIpc) is 2.90. The lowest BCUT2D eigenvalue weighted by atomic mass is 10.2. The van der Waals surface area contributed by atoms with E-state index < -0.39 is 5.97 Å². The summed E-state index contributed by atoms with van der Waals surface area (Å²) in [6.07, 6.45) is 1.54. The number of pyridine rings is 1. The molecule has 23 heavy (non-hydrogen) atoms. The van der Waals surface area contributed by atoms with Gasteiger partial charge in [0, 0.05) is 25.4 Å². The average molecular weight is 318 g/mol. The van der Waals surface area contributed by atoms with Gasteiger partial charge in [-0.1, -0.05) is 0 Å². The number of nitrogens with one attached hydrogen (secondary N) is 2. The van der Waals surface area contributed by atoms with Gasteiger partial charge in [-0.3, -0.25) is 5.32 Å². The molecule has 0 bridgehead atoms. The van der Waals surface area contributed by atoms with Gasteiger partial charge in [0.2, 0.25) is 5.82 Å². The molecule has 2 heterocycles. The van der Waals surface area contributed by atoms with E-state index in [9.17, 15) is 9.59 Å². The number of hydrogen-bond donors (Lipinski definition) is 2. The quantitative estimate of drug-likeness (QED) is 0.801. The van der Waals surface area contributed by atoms with Gasteiger partial charge < -0.3 is 14.6 Å². The molecule has 0 spiro atoms. The maximum atomic E-state index is 11.8. The Morgan fingerprint density at radius 2 is 2.09 bits per heavy atom. The third kappa shape index (κ3) is 3.82. The monoisotopic (exact) mass is 318 g/mol. The Hall–Kier alpha value is -2.97. The largest absolute Gasteiger partial charge is 0.460 e. The van der Waals surface area contributed by atoms with E-state index >= 15 is 0 Å². The van der Waals surface area contributed by atoms with Crippen LogP contribution in [0.1, 0.15) is 24.5 Å². The lowest BCUT2D eigenvalue weighted by molar-refractivity contribution is 0.0507. The van der Waals surface area contributed by atoms with Gasteiger partial charge in [0.15, 0.2) is 5.82 Å². The normalized spacial score (nSPS) is 10.2. The fraction of sp³-hybridized carbons (Fsp3) is 0.357. The number of ether oxygens (including phenoxy) is 1. The number of amides is 2. The first kappa shape index (κ1) is 16.4. The van der Waals surface area contributed by atoms with E-state index in [0.29, 0.717) is 23.8 Å². The Labute approximate surface area is 133 Å². The zero-order chi connectivity index (χ0) is 16.8. The van der Waals surface area contributed by atoms with Crippen LogP contribution < -0.4 is 10.6 Å². The zero-order valence-corrected chi connectivity index (χ0v) is 13.2. The minimum absolute atomic E-state index is 0.108. The molecule has 0 fully saturated rings. The highest BCUT2D eigenvalue weighted by molar-refractivity contribution is 5.89. The van der Waals surface area contributed by atoms with Crippen LogP contribution in [0.3, 0.4) is 0 Å². The Bertz CT molecular complexity index is 712. The molecule has 122 valence electrons. The highest BCUT2D eigenvalue weighted by atomic mass is 16.5. The number of nitrogens with zero attached hydrogens (tertiary/aromatic N) is 4. The summed E-state index contributed by atoms with van der Waals surface area (Å²) in [6, 6.07) is 3.01. The Morgan fingerprint density at radius 1 is 1.30 bits per heavy atom. The molecule has 9 heteroatoms. The number of carbonyl (C=O) groups excluding carboxylic acids is 2. The van der Waals surface area contributed by atoms with E-state index in [1.54, 1.807) is 26.1 Å². The first-order valence-electron chi connectivity index (χ1n) is 7.14. The Morgan fingerprint density at radius 3 is 2.78 bits per heavy atom. The van der Waals surface area contributed by atoms with Crippen molar-refractivity contribution < 1.29 is 14.3 Å². The maximum absolute atomic E-state index is 11.8. The predicted molar refractivity (Wildman–Crippen MR) is 82.9 cm³/mol. The molecule has 0 aliphatic heterocycles. The second-order valence-electron chi connectivity index (χ2n) is 4.54. The second kappa shape index (κ2) is 7.34. The topological polar surface area (TPSA) is 111 Å². The summed E-state index contributed by atoms with van der Waals surface area (Å²) in [5, 5.41) is 13.1. The molecule has 0 saturated heterocycles. The van der Waals surface area contributed by atoms with Gasteiger partial charge in [-0.2, -0.15) is 0 Å². The van der Waals surface area contributed by atoms with Crippen molar-refractivity contribution in [1.82, 2.24) is 25.1 Å². The van der Waals surface area contributed by atoms with Gasteiger partial charge >= 0.3 is 12.0 Å². The molecule has 0 saturated carbocycles. The van der Waals surface area contributed by atoms with Crippen molar-refractivity contribution in [2.24, 2.45) is 7.05 Å². The number of urea groups is 1. The zero-order valence-electron chi connectivity index (χ0n) is 13.2. The summed E-state index contributed by atoms with van der Waals surface area (Å²) in [4.78, 5) is 27.4. The van der Waals surface area contributed by atoms with Crippen LogP contribution in [0.5, 0.6) is 0 Å². The number of carbonyl (C=O) groups is 2. The number of rotatable bonds is 5. The first-order chi connectivity index (χ1) is 11.1. The van der Waals surface area contributed by atoms with Gasteiger partial charge in [-0.25, -0.2) is 14.6 Å². The van der Waals surface area contributed by atoms with Crippen molar-refractivity contribution in [1.29, 1.82) is 0 Å². The molecule has 9 nitrogen and oxygen atoms in total. The molecule has 0 unspecified atom stereocenters. The van der Waals surface area contributed by atoms with E-state index in [2.05, 4.69) is 25.8 Å². The van der Waals surface area contributed by atoms with Crippen molar-refractivity contribution in [3.05, 3.63) is 24.2 Å². The van der Waals surface area contributed by atoms with Crippen molar-refractivity contribution >= 4 is 17.8 Å². The van der Waals surface area contributed by atoms with Crippen LogP contribution in [0.15, 0.2) is 18.3 Å². The Balaban J connectivity index is 2.26. The third-order valence-electron chi connectivity index (χ3n) is 2.93. The molecular weight excluding hydrogens is 300 g/mol. The number of hydrogen-bond acceptors (Lipinski definition) is 6. The molecule has 2 rings (SSSR count). The van der Waals surface area contributed by atoms with E-state index in [4.69, 9.17) is 4.74 Å². The number of esters is 1. The summed E-state index contributed by atoms with van der Waals surface area (Å²) in [6.45, 7) is 4.31. The van der Waals surface area contributed by atoms with E-state index in [-0.39, 0.29) is 18.5 Å². The third-order valence-corrected chi connectivity index (χ3v) is 2.93. The van der Waals surface area contributed by atoms with E-state index in [1.165, 1.54) is 10.8 Å². The molecule has 0 atom stereocenters. The lowest BCUT2D eigenvalue weighted by Gasteiger charge is -2.07. The number of anilines is 1. The van der Waals surface area contributed by atoms with Gasteiger partial charge in [0.25, 0.3) is 0 Å². The summed E-state index contributed by atoms with van der Waals surface area (Å²) < 4.78 is 6.45. The molecule has 2 aromatic heterocycles. The molecule has 0 aliphatic rings. The highest BCUT2D eigenvalue weighted by Gasteiger charge is 2.18. The first-order valence-corrected chi connectivity index (χ1v) is 7.14. The van der Waals surface area contributed by atoms with Crippen LogP contribution >= 0.6 is 0 Å². The minimum Gasteiger partial charge on any atom is -0.460 e. The van der Waals surface area contributed by atoms with Gasteiger partial charge in [-0.05, 0) is 26.0 Å². The van der Waals surface area contributed by atoms with Gasteiger partial charge in [0.05, 0.1) is 6.61 Å². The van der Waals surface area contributed by atoms with Crippen LogP contribution in [0.4, 0.5) is 10.6 Å². The molecule has 2 amide bonds. The number of aromatic nitrogens is 4. The lowest BCUT2D eigenvalue weighted by Crippen LogP contribution is -2.28. The fourth-order valence-electron chi connectivity index (χ4n) is 1.91. The smallest absolute Gasteiger partial charge is 0.376 e. The summed E-state index contributed by atoms with van der Waals surface area (Å²) in [5.74, 6) is 0.406. The van der Waals surface area contributed by atoms with Crippen LogP contribution in [-0.4, -0.2) is 44.9 Å². The Kier molecular flexibility index (Phi) is 5.23. The predicted octanol–water partition coefficient (Wildman–Crippen LogP) is 1.20. The minimum atomic E-state index is -0.538. The van der Waals surface area contributed by atoms with Crippen molar-refractivity contribution in [2.75, 3.05) is 18.5 Å². The van der Waals surface area contributed by atoms with E-state index in [0.717, 1.165) is 0 Å². The van der Waals surface area contributed by atoms with Gasteiger partial charge in [0.1, 0.15) is 5.82 Å². The molecule has 2 N–H and O–H groups in total. The summed E-state index contributed by atoms with van der Waals surface area (Å²) >= 11 is 0. The van der Waals surface area contributed by atoms with Crippen LogP contribution in [0, 0.1) is 0 Å². The molecule has 0 aromatic carbocycles.